The summed E-state index contributed by atoms with van der Waals surface area (Å²) in [6, 6.07) is 3.90. The van der Waals surface area contributed by atoms with Crippen LogP contribution in [0.15, 0.2) is 18.3 Å². The van der Waals surface area contributed by atoms with Crippen molar-refractivity contribution in [3.05, 3.63) is 23.9 Å². The van der Waals surface area contributed by atoms with Crippen molar-refractivity contribution in [3.63, 3.8) is 0 Å². The summed E-state index contributed by atoms with van der Waals surface area (Å²) >= 11 is 0. The lowest BCUT2D eigenvalue weighted by molar-refractivity contribution is 0.0848. The van der Waals surface area contributed by atoms with Crippen molar-refractivity contribution < 1.29 is 4.74 Å². The second-order valence-corrected chi connectivity index (χ2v) is 4.78. The van der Waals surface area contributed by atoms with E-state index in [1.807, 2.05) is 12.1 Å². The van der Waals surface area contributed by atoms with Crippen LogP contribution in [0, 0.1) is 5.92 Å². The Bertz CT molecular complexity index is 354. The van der Waals surface area contributed by atoms with Crippen molar-refractivity contribution in [2.45, 2.75) is 51.7 Å². The maximum absolute atomic E-state index is 6.09. The first-order valence-electron chi connectivity index (χ1n) is 6.65. The molecule has 1 aliphatic rings. The van der Waals surface area contributed by atoms with E-state index in [0.717, 1.165) is 17.9 Å². The predicted octanol–water partition coefficient (Wildman–Crippen LogP) is 2.89. The van der Waals surface area contributed by atoms with Gasteiger partial charge >= 0.3 is 0 Å². The highest BCUT2D eigenvalue weighted by atomic mass is 16.5. The molecule has 0 aliphatic heterocycles. The molecule has 0 radical (unpaired) electrons. The normalized spacial score (nSPS) is 24.6. The summed E-state index contributed by atoms with van der Waals surface area (Å²) < 4.78 is 6.09. The molecule has 2 atom stereocenters. The molecule has 1 aromatic heterocycles. The lowest BCUT2D eigenvalue weighted by atomic mass is 9.85. The minimum absolute atomic E-state index is 0.328. The Kier molecular flexibility index (Phi) is 4.37. The second-order valence-electron chi connectivity index (χ2n) is 4.78. The Labute approximate surface area is 103 Å². The number of nitrogens with two attached hydrogens (primary N) is 1. The average Bonchev–Trinajstić information content (AvgIpc) is 2.40. The van der Waals surface area contributed by atoms with Crippen LogP contribution in [-0.2, 0) is 6.54 Å². The lowest BCUT2D eigenvalue weighted by Gasteiger charge is -2.31. The van der Waals surface area contributed by atoms with Crippen LogP contribution in [0.2, 0.25) is 0 Å². The minimum Gasteiger partial charge on any atom is -0.474 e. The topological polar surface area (TPSA) is 48.1 Å². The van der Waals surface area contributed by atoms with E-state index in [1.165, 1.54) is 25.7 Å². The molecule has 17 heavy (non-hydrogen) atoms. The van der Waals surface area contributed by atoms with Crippen LogP contribution < -0.4 is 10.5 Å². The fourth-order valence-corrected chi connectivity index (χ4v) is 2.62. The molecular weight excluding hydrogens is 212 g/mol. The third kappa shape index (κ3) is 2.97. The third-order valence-corrected chi connectivity index (χ3v) is 3.70. The number of pyridine rings is 1. The molecule has 0 aromatic carbocycles. The first-order valence-corrected chi connectivity index (χ1v) is 6.65. The summed E-state index contributed by atoms with van der Waals surface area (Å²) in [5.41, 5.74) is 6.71. The van der Waals surface area contributed by atoms with Crippen LogP contribution in [0.3, 0.4) is 0 Å². The first kappa shape index (κ1) is 12.4. The van der Waals surface area contributed by atoms with Gasteiger partial charge in [-0.25, -0.2) is 4.98 Å². The van der Waals surface area contributed by atoms with Gasteiger partial charge in [0.25, 0.3) is 0 Å². The molecule has 3 heteroatoms. The summed E-state index contributed by atoms with van der Waals surface area (Å²) in [6.45, 7) is 2.74. The van der Waals surface area contributed by atoms with Gasteiger partial charge in [-0.1, -0.05) is 19.4 Å². The minimum atomic E-state index is 0.328. The molecule has 1 aliphatic carbocycles. The molecule has 2 N–H and O–H groups in total. The third-order valence-electron chi connectivity index (χ3n) is 3.70. The van der Waals surface area contributed by atoms with Gasteiger partial charge in [-0.2, -0.15) is 0 Å². The second kappa shape index (κ2) is 6.01. The average molecular weight is 234 g/mol. The van der Waals surface area contributed by atoms with Crippen molar-refractivity contribution in [2.24, 2.45) is 11.7 Å². The molecule has 2 unspecified atom stereocenters. The molecule has 0 spiro atoms. The molecule has 0 amide bonds. The van der Waals surface area contributed by atoms with Gasteiger partial charge in [0.1, 0.15) is 6.10 Å². The summed E-state index contributed by atoms with van der Waals surface area (Å²) in [5.74, 6) is 1.41. The zero-order valence-corrected chi connectivity index (χ0v) is 10.6. The SMILES string of the molecule is CCC1CCCCC1Oc1ncccc1CN. The highest BCUT2D eigenvalue weighted by Crippen LogP contribution is 2.30. The summed E-state index contributed by atoms with van der Waals surface area (Å²) in [7, 11) is 0. The van der Waals surface area contributed by atoms with E-state index in [0.29, 0.717) is 18.6 Å². The van der Waals surface area contributed by atoms with Gasteiger partial charge in [0, 0.05) is 18.3 Å². The van der Waals surface area contributed by atoms with Crippen LogP contribution in [-0.4, -0.2) is 11.1 Å². The Hall–Kier alpha value is -1.09. The Morgan fingerprint density at radius 2 is 2.24 bits per heavy atom. The maximum Gasteiger partial charge on any atom is 0.218 e. The molecule has 0 bridgehead atoms. The van der Waals surface area contributed by atoms with Gasteiger partial charge in [-0.05, 0) is 37.7 Å². The molecule has 1 aromatic rings. The van der Waals surface area contributed by atoms with Crippen LogP contribution in [0.5, 0.6) is 5.88 Å². The molecule has 1 saturated carbocycles. The van der Waals surface area contributed by atoms with Gasteiger partial charge in [0.2, 0.25) is 5.88 Å². The lowest BCUT2D eigenvalue weighted by Crippen LogP contribution is -2.30. The van der Waals surface area contributed by atoms with Crippen LogP contribution in [0.25, 0.3) is 0 Å². The number of hydrogen-bond donors (Lipinski definition) is 1. The molecule has 3 nitrogen and oxygen atoms in total. The van der Waals surface area contributed by atoms with E-state index in [4.69, 9.17) is 10.5 Å². The number of aromatic nitrogens is 1. The van der Waals surface area contributed by atoms with Gasteiger partial charge in [0.15, 0.2) is 0 Å². The quantitative estimate of drug-likeness (QED) is 0.871. The van der Waals surface area contributed by atoms with Crippen molar-refractivity contribution in [3.8, 4) is 5.88 Å². The predicted molar refractivity (Wildman–Crippen MR) is 68.8 cm³/mol. The van der Waals surface area contributed by atoms with Crippen LogP contribution in [0.1, 0.15) is 44.6 Å². The Morgan fingerprint density at radius 3 is 3.00 bits per heavy atom. The number of hydrogen-bond acceptors (Lipinski definition) is 3. The van der Waals surface area contributed by atoms with Gasteiger partial charge in [0.05, 0.1) is 0 Å². The highest BCUT2D eigenvalue weighted by Gasteiger charge is 2.26. The number of ether oxygens (including phenoxy) is 1. The van der Waals surface area contributed by atoms with Crippen molar-refractivity contribution >= 4 is 0 Å². The van der Waals surface area contributed by atoms with Gasteiger partial charge in [-0.15, -0.1) is 0 Å². The fraction of sp³-hybridized carbons (Fsp3) is 0.643. The van der Waals surface area contributed by atoms with Gasteiger partial charge < -0.3 is 10.5 Å². The first-order chi connectivity index (χ1) is 8.35. The number of nitrogens with zero attached hydrogens (tertiary/aromatic N) is 1. The van der Waals surface area contributed by atoms with Crippen LogP contribution >= 0.6 is 0 Å². The molecule has 0 saturated heterocycles. The summed E-state index contributed by atoms with van der Waals surface area (Å²) in [4.78, 5) is 4.31. The van der Waals surface area contributed by atoms with Crippen molar-refractivity contribution in [1.82, 2.24) is 4.98 Å². The monoisotopic (exact) mass is 234 g/mol. The molecule has 1 fully saturated rings. The molecule has 94 valence electrons. The fourth-order valence-electron chi connectivity index (χ4n) is 2.62. The maximum atomic E-state index is 6.09. The zero-order valence-electron chi connectivity index (χ0n) is 10.6. The largest absolute Gasteiger partial charge is 0.474 e. The molecule has 2 rings (SSSR count). The molecular formula is C14H22N2O. The smallest absolute Gasteiger partial charge is 0.218 e. The summed E-state index contributed by atoms with van der Waals surface area (Å²) in [6.07, 6.45) is 8.34. The van der Waals surface area contributed by atoms with E-state index in [-0.39, 0.29) is 0 Å². The zero-order chi connectivity index (χ0) is 12.1. The van der Waals surface area contributed by atoms with Crippen molar-refractivity contribution in [1.29, 1.82) is 0 Å². The van der Waals surface area contributed by atoms with Crippen molar-refractivity contribution in [2.75, 3.05) is 0 Å². The Balaban J connectivity index is 2.08. The van der Waals surface area contributed by atoms with E-state index >= 15 is 0 Å². The van der Waals surface area contributed by atoms with Crippen LogP contribution in [0.4, 0.5) is 0 Å². The van der Waals surface area contributed by atoms with E-state index < -0.39 is 0 Å². The number of rotatable bonds is 4. The molecule has 1 heterocycles. The van der Waals surface area contributed by atoms with Gasteiger partial charge in [-0.3, -0.25) is 0 Å². The Morgan fingerprint density at radius 1 is 1.41 bits per heavy atom. The van der Waals surface area contributed by atoms with E-state index in [1.54, 1.807) is 6.20 Å². The van der Waals surface area contributed by atoms with E-state index in [2.05, 4.69) is 11.9 Å². The standard InChI is InChI=1S/C14H22N2O/c1-2-11-6-3-4-8-13(11)17-14-12(10-15)7-5-9-16-14/h5,7,9,11,13H,2-4,6,8,10,15H2,1H3. The highest BCUT2D eigenvalue weighted by molar-refractivity contribution is 5.25. The summed E-state index contributed by atoms with van der Waals surface area (Å²) in [5, 5.41) is 0. The van der Waals surface area contributed by atoms with E-state index in [9.17, 15) is 0 Å².